The summed E-state index contributed by atoms with van der Waals surface area (Å²) in [4.78, 5) is 18.8. The van der Waals surface area contributed by atoms with Crippen molar-refractivity contribution >= 4 is 16.9 Å². The minimum atomic E-state index is -0.0573. The number of hydrazine groups is 1. The normalized spacial score (nSPS) is 10.6. The zero-order valence-corrected chi connectivity index (χ0v) is 9.29. The van der Waals surface area contributed by atoms with Gasteiger partial charge in [0.2, 0.25) is 5.91 Å². The van der Waals surface area contributed by atoms with E-state index in [4.69, 9.17) is 0 Å². The second kappa shape index (κ2) is 4.32. The molecule has 0 atom stereocenters. The molecule has 0 aliphatic heterocycles. The lowest BCUT2D eigenvalue weighted by molar-refractivity contribution is -0.121. The smallest absolute Gasteiger partial charge is 0.238 e. The summed E-state index contributed by atoms with van der Waals surface area (Å²) in [6.07, 6.45) is 0.356. The highest BCUT2D eigenvalue weighted by Crippen LogP contribution is 2.13. The van der Waals surface area contributed by atoms with E-state index >= 15 is 0 Å². The second-order valence-electron chi connectivity index (χ2n) is 3.65. The topological polar surface area (TPSA) is 69.8 Å². The number of H-pyrrole nitrogens is 1. The zero-order valence-electron chi connectivity index (χ0n) is 9.29. The summed E-state index contributed by atoms with van der Waals surface area (Å²) in [7, 11) is 1.67. The number of imidazole rings is 1. The van der Waals surface area contributed by atoms with Crippen LogP contribution in [0.5, 0.6) is 0 Å². The molecule has 2 aromatic rings. The summed E-state index contributed by atoms with van der Waals surface area (Å²) in [5.41, 5.74) is 7.99. The summed E-state index contributed by atoms with van der Waals surface area (Å²) >= 11 is 0. The largest absolute Gasteiger partial charge is 0.342 e. The number of carbonyl (C=O) groups excluding carboxylic acids is 1. The van der Waals surface area contributed by atoms with Crippen molar-refractivity contribution in [2.75, 3.05) is 7.05 Å². The van der Waals surface area contributed by atoms with Gasteiger partial charge in [0.15, 0.2) is 0 Å². The molecule has 0 spiro atoms. The number of amides is 1. The zero-order chi connectivity index (χ0) is 11.5. The molecule has 0 radical (unpaired) electrons. The molecule has 0 unspecified atom stereocenters. The van der Waals surface area contributed by atoms with Crippen LogP contribution in [0, 0.1) is 6.92 Å². The lowest BCUT2D eigenvalue weighted by atomic mass is 10.1. The van der Waals surface area contributed by atoms with Crippen molar-refractivity contribution < 1.29 is 4.79 Å². The van der Waals surface area contributed by atoms with E-state index in [2.05, 4.69) is 20.8 Å². The Morgan fingerprint density at radius 3 is 3.06 bits per heavy atom. The van der Waals surface area contributed by atoms with Gasteiger partial charge in [0.25, 0.3) is 0 Å². The van der Waals surface area contributed by atoms with Gasteiger partial charge in [-0.2, -0.15) is 0 Å². The molecule has 5 heteroatoms. The van der Waals surface area contributed by atoms with Crippen LogP contribution in [0.3, 0.4) is 0 Å². The minimum absolute atomic E-state index is 0.0573. The molecule has 3 N–H and O–H groups in total. The van der Waals surface area contributed by atoms with Crippen molar-refractivity contribution in [1.29, 1.82) is 0 Å². The first-order valence-electron chi connectivity index (χ1n) is 5.10. The van der Waals surface area contributed by atoms with Gasteiger partial charge in [-0.15, -0.1) is 0 Å². The van der Waals surface area contributed by atoms with Crippen LogP contribution in [-0.4, -0.2) is 22.9 Å². The molecule has 1 amide bonds. The number of fused-ring (bicyclic) bond motifs is 1. The van der Waals surface area contributed by atoms with E-state index in [0.717, 1.165) is 22.4 Å². The molecule has 1 heterocycles. The number of hydrogen-bond acceptors (Lipinski definition) is 3. The van der Waals surface area contributed by atoms with Crippen LogP contribution in [-0.2, 0) is 11.2 Å². The number of aromatic amines is 1. The minimum Gasteiger partial charge on any atom is -0.342 e. The SMILES string of the molecule is CNNC(=O)Cc1ccc2nc(C)[nH]c2c1. The fraction of sp³-hybridized carbons (Fsp3) is 0.273. The predicted molar refractivity (Wildman–Crippen MR) is 61.7 cm³/mol. The van der Waals surface area contributed by atoms with Crippen LogP contribution in [0.4, 0.5) is 0 Å². The first kappa shape index (κ1) is 10.6. The van der Waals surface area contributed by atoms with Crippen molar-refractivity contribution in [3.05, 3.63) is 29.6 Å². The molecular weight excluding hydrogens is 204 g/mol. The van der Waals surface area contributed by atoms with Crippen molar-refractivity contribution in [2.45, 2.75) is 13.3 Å². The van der Waals surface area contributed by atoms with Gasteiger partial charge < -0.3 is 4.98 Å². The highest BCUT2D eigenvalue weighted by atomic mass is 16.2. The molecule has 1 aromatic carbocycles. The van der Waals surface area contributed by atoms with Gasteiger partial charge in [-0.3, -0.25) is 10.2 Å². The molecule has 0 aliphatic rings. The fourth-order valence-corrected chi connectivity index (χ4v) is 1.66. The van der Waals surface area contributed by atoms with Crippen LogP contribution < -0.4 is 10.9 Å². The molecule has 0 fully saturated rings. The third-order valence-corrected chi connectivity index (χ3v) is 2.29. The number of nitrogens with one attached hydrogen (secondary N) is 3. The summed E-state index contributed by atoms with van der Waals surface area (Å²) < 4.78 is 0. The van der Waals surface area contributed by atoms with Gasteiger partial charge in [-0.25, -0.2) is 10.4 Å². The Labute approximate surface area is 93.2 Å². The number of rotatable bonds is 3. The van der Waals surface area contributed by atoms with Gasteiger partial charge >= 0.3 is 0 Å². The van der Waals surface area contributed by atoms with E-state index in [9.17, 15) is 4.79 Å². The average molecular weight is 218 g/mol. The number of benzene rings is 1. The van der Waals surface area contributed by atoms with Crippen LogP contribution in [0.2, 0.25) is 0 Å². The Hall–Kier alpha value is -1.88. The van der Waals surface area contributed by atoms with Gasteiger partial charge in [0.05, 0.1) is 17.5 Å². The molecular formula is C11H14N4O. The summed E-state index contributed by atoms with van der Waals surface area (Å²) in [6.45, 7) is 1.91. The summed E-state index contributed by atoms with van der Waals surface area (Å²) in [6, 6.07) is 5.78. The maximum Gasteiger partial charge on any atom is 0.238 e. The first-order valence-corrected chi connectivity index (χ1v) is 5.10. The van der Waals surface area contributed by atoms with E-state index in [1.165, 1.54) is 0 Å². The van der Waals surface area contributed by atoms with E-state index in [0.29, 0.717) is 6.42 Å². The molecule has 2 rings (SSSR count). The van der Waals surface area contributed by atoms with Crippen LogP contribution >= 0.6 is 0 Å². The Kier molecular flexibility index (Phi) is 2.87. The van der Waals surface area contributed by atoms with Crippen LogP contribution in [0.25, 0.3) is 11.0 Å². The third-order valence-electron chi connectivity index (χ3n) is 2.29. The van der Waals surface area contributed by atoms with Crippen molar-refractivity contribution in [2.24, 2.45) is 0 Å². The Morgan fingerprint density at radius 1 is 1.50 bits per heavy atom. The molecule has 0 bridgehead atoms. The number of aromatic nitrogens is 2. The molecule has 1 aromatic heterocycles. The summed E-state index contributed by atoms with van der Waals surface area (Å²) in [5, 5.41) is 0. The quantitative estimate of drug-likeness (QED) is 0.663. The lowest BCUT2D eigenvalue weighted by Gasteiger charge is -2.02. The van der Waals surface area contributed by atoms with E-state index in [1.54, 1.807) is 7.05 Å². The summed E-state index contributed by atoms with van der Waals surface area (Å²) in [5.74, 6) is 0.824. The van der Waals surface area contributed by atoms with E-state index in [-0.39, 0.29) is 5.91 Å². The predicted octanol–water partition coefficient (Wildman–Crippen LogP) is 0.664. The Morgan fingerprint density at radius 2 is 2.31 bits per heavy atom. The number of aryl methyl sites for hydroxylation is 1. The maximum atomic E-state index is 11.4. The van der Waals surface area contributed by atoms with Gasteiger partial charge in [-0.1, -0.05) is 6.07 Å². The van der Waals surface area contributed by atoms with Gasteiger partial charge in [0, 0.05) is 7.05 Å². The van der Waals surface area contributed by atoms with Crippen LogP contribution in [0.15, 0.2) is 18.2 Å². The third kappa shape index (κ3) is 2.20. The molecule has 84 valence electrons. The Bertz CT molecular complexity index is 518. The average Bonchev–Trinajstić information content (AvgIpc) is 2.57. The van der Waals surface area contributed by atoms with Crippen molar-refractivity contribution in [1.82, 2.24) is 20.8 Å². The van der Waals surface area contributed by atoms with Crippen LogP contribution in [0.1, 0.15) is 11.4 Å². The molecule has 0 saturated carbocycles. The highest BCUT2D eigenvalue weighted by Gasteiger charge is 2.04. The van der Waals surface area contributed by atoms with E-state index < -0.39 is 0 Å². The fourth-order valence-electron chi connectivity index (χ4n) is 1.66. The number of carbonyl (C=O) groups is 1. The second-order valence-corrected chi connectivity index (χ2v) is 3.65. The molecule has 16 heavy (non-hydrogen) atoms. The van der Waals surface area contributed by atoms with Crippen molar-refractivity contribution in [3.63, 3.8) is 0 Å². The first-order chi connectivity index (χ1) is 7.69. The molecule has 0 saturated heterocycles. The highest BCUT2D eigenvalue weighted by molar-refractivity contribution is 5.81. The standard InChI is InChI=1S/C11H14N4O/c1-7-13-9-4-3-8(5-10(9)14-7)6-11(16)15-12-2/h3-5,12H,6H2,1-2H3,(H,13,14)(H,15,16). The monoisotopic (exact) mass is 218 g/mol. The number of nitrogens with zero attached hydrogens (tertiary/aromatic N) is 1. The molecule has 5 nitrogen and oxygen atoms in total. The van der Waals surface area contributed by atoms with Gasteiger partial charge in [0.1, 0.15) is 5.82 Å². The molecule has 0 aliphatic carbocycles. The Balaban J connectivity index is 2.22. The van der Waals surface area contributed by atoms with E-state index in [1.807, 2.05) is 25.1 Å². The number of hydrogen-bond donors (Lipinski definition) is 3. The van der Waals surface area contributed by atoms with Crippen molar-refractivity contribution in [3.8, 4) is 0 Å². The lowest BCUT2D eigenvalue weighted by Crippen LogP contribution is -2.35. The maximum absolute atomic E-state index is 11.4. The van der Waals surface area contributed by atoms with Gasteiger partial charge in [-0.05, 0) is 24.6 Å².